The second kappa shape index (κ2) is 6.37. The molecule has 0 saturated heterocycles. The SMILES string of the molecule is NNC(CC1OCCc2ccccc21)c1csc(Br)c1. The molecule has 0 fully saturated rings. The molecule has 0 amide bonds. The second-order valence-corrected chi connectivity index (χ2v) is 7.24. The van der Waals surface area contributed by atoms with E-state index in [0.29, 0.717) is 0 Å². The lowest BCUT2D eigenvalue weighted by atomic mass is 9.92. The Morgan fingerprint density at radius 3 is 3.05 bits per heavy atom. The summed E-state index contributed by atoms with van der Waals surface area (Å²) in [5.74, 6) is 5.73. The number of nitrogens with two attached hydrogens (primary N) is 1. The van der Waals surface area contributed by atoms with Gasteiger partial charge in [-0.2, -0.15) is 0 Å². The number of ether oxygens (including phenoxy) is 1. The zero-order valence-electron chi connectivity index (χ0n) is 11.0. The van der Waals surface area contributed by atoms with Gasteiger partial charge in [-0.3, -0.25) is 11.3 Å². The fourth-order valence-electron chi connectivity index (χ4n) is 2.69. The highest BCUT2D eigenvalue weighted by molar-refractivity contribution is 9.11. The Labute approximate surface area is 131 Å². The van der Waals surface area contributed by atoms with Crippen LogP contribution in [-0.2, 0) is 11.2 Å². The summed E-state index contributed by atoms with van der Waals surface area (Å²) in [7, 11) is 0. The molecule has 2 atom stereocenters. The molecule has 0 saturated carbocycles. The molecular weight excluding hydrogens is 336 g/mol. The topological polar surface area (TPSA) is 47.3 Å². The van der Waals surface area contributed by atoms with Crippen LogP contribution in [0.5, 0.6) is 0 Å². The van der Waals surface area contributed by atoms with Crippen molar-refractivity contribution in [1.82, 2.24) is 5.43 Å². The number of halogens is 1. The normalized spacial score (nSPS) is 19.6. The Balaban J connectivity index is 1.80. The van der Waals surface area contributed by atoms with Crippen LogP contribution in [0.1, 0.15) is 35.3 Å². The predicted octanol–water partition coefficient (Wildman–Crippen LogP) is 3.72. The first-order valence-electron chi connectivity index (χ1n) is 6.67. The maximum absolute atomic E-state index is 5.96. The lowest BCUT2D eigenvalue weighted by Gasteiger charge is -2.29. The monoisotopic (exact) mass is 352 g/mol. The van der Waals surface area contributed by atoms with Gasteiger partial charge in [-0.1, -0.05) is 24.3 Å². The van der Waals surface area contributed by atoms with Crippen LogP contribution in [0.3, 0.4) is 0 Å². The third-order valence-corrected chi connectivity index (χ3v) is 5.26. The fraction of sp³-hybridized carbons (Fsp3) is 0.333. The molecule has 20 heavy (non-hydrogen) atoms. The van der Waals surface area contributed by atoms with Crippen molar-refractivity contribution in [1.29, 1.82) is 0 Å². The molecule has 106 valence electrons. The van der Waals surface area contributed by atoms with Gasteiger partial charge in [-0.15, -0.1) is 11.3 Å². The number of fused-ring (bicyclic) bond motifs is 1. The zero-order valence-corrected chi connectivity index (χ0v) is 13.4. The number of benzene rings is 1. The van der Waals surface area contributed by atoms with Gasteiger partial charge in [0.1, 0.15) is 0 Å². The maximum Gasteiger partial charge on any atom is 0.0846 e. The third-order valence-electron chi connectivity index (χ3n) is 3.73. The first-order chi connectivity index (χ1) is 9.78. The van der Waals surface area contributed by atoms with Crippen LogP contribution in [0, 0.1) is 0 Å². The molecule has 3 N–H and O–H groups in total. The molecule has 0 aliphatic carbocycles. The minimum Gasteiger partial charge on any atom is -0.373 e. The van der Waals surface area contributed by atoms with E-state index in [0.717, 1.165) is 23.2 Å². The van der Waals surface area contributed by atoms with Crippen molar-refractivity contribution in [3.63, 3.8) is 0 Å². The molecule has 1 aromatic carbocycles. The summed E-state index contributed by atoms with van der Waals surface area (Å²) in [6.07, 6.45) is 1.95. The quantitative estimate of drug-likeness (QED) is 0.651. The Morgan fingerprint density at radius 2 is 2.30 bits per heavy atom. The van der Waals surface area contributed by atoms with Gasteiger partial charge in [-0.05, 0) is 56.9 Å². The third kappa shape index (κ3) is 2.97. The molecule has 0 spiro atoms. The Morgan fingerprint density at radius 1 is 1.45 bits per heavy atom. The van der Waals surface area contributed by atoms with Gasteiger partial charge in [0.25, 0.3) is 0 Å². The van der Waals surface area contributed by atoms with E-state index in [2.05, 4.69) is 57.1 Å². The first-order valence-corrected chi connectivity index (χ1v) is 8.34. The summed E-state index contributed by atoms with van der Waals surface area (Å²) in [5.41, 5.74) is 6.81. The van der Waals surface area contributed by atoms with E-state index in [1.54, 1.807) is 11.3 Å². The zero-order chi connectivity index (χ0) is 13.9. The summed E-state index contributed by atoms with van der Waals surface area (Å²) in [6.45, 7) is 0.784. The molecule has 2 unspecified atom stereocenters. The standard InChI is InChI=1S/C15H17BrN2OS/c16-15-7-11(9-20-15)13(18-17)8-14-12-4-2-1-3-10(12)5-6-19-14/h1-4,7,9,13-14,18H,5-6,8,17H2. The summed E-state index contributed by atoms with van der Waals surface area (Å²) >= 11 is 5.18. The first kappa shape index (κ1) is 14.2. The number of rotatable bonds is 4. The molecule has 3 rings (SSSR count). The largest absolute Gasteiger partial charge is 0.373 e. The van der Waals surface area contributed by atoms with Crippen molar-refractivity contribution in [2.75, 3.05) is 6.61 Å². The van der Waals surface area contributed by atoms with Crippen LogP contribution in [0.4, 0.5) is 0 Å². The van der Waals surface area contributed by atoms with Gasteiger partial charge < -0.3 is 4.74 Å². The molecule has 0 radical (unpaired) electrons. The predicted molar refractivity (Wildman–Crippen MR) is 85.5 cm³/mol. The van der Waals surface area contributed by atoms with E-state index in [4.69, 9.17) is 10.6 Å². The van der Waals surface area contributed by atoms with E-state index in [1.165, 1.54) is 16.7 Å². The Kier molecular flexibility index (Phi) is 4.53. The van der Waals surface area contributed by atoms with Crippen LogP contribution < -0.4 is 11.3 Å². The van der Waals surface area contributed by atoms with E-state index in [9.17, 15) is 0 Å². The van der Waals surface area contributed by atoms with Gasteiger partial charge in [0.2, 0.25) is 0 Å². The molecule has 2 aromatic rings. The van der Waals surface area contributed by atoms with Gasteiger partial charge in [0, 0.05) is 6.04 Å². The van der Waals surface area contributed by atoms with E-state index < -0.39 is 0 Å². The van der Waals surface area contributed by atoms with Gasteiger partial charge in [0.05, 0.1) is 16.5 Å². The number of hydrazine groups is 1. The van der Waals surface area contributed by atoms with Crippen molar-refractivity contribution in [2.45, 2.75) is 25.0 Å². The highest BCUT2D eigenvalue weighted by atomic mass is 79.9. The molecule has 1 aliphatic heterocycles. The van der Waals surface area contributed by atoms with E-state index >= 15 is 0 Å². The lowest BCUT2D eigenvalue weighted by Crippen LogP contribution is -2.30. The van der Waals surface area contributed by atoms with Crippen molar-refractivity contribution in [3.05, 3.63) is 56.2 Å². The summed E-state index contributed by atoms with van der Waals surface area (Å²) < 4.78 is 7.08. The van der Waals surface area contributed by atoms with Crippen LogP contribution in [0.25, 0.3) is 0 Å². The molecule has 5 heteroatoms. The van der Waals surface area contributed by atoms with Crippen LogP contribution >= 0.6 is 27.3 Å². The molecule has 3 nitrogen and oxygen atoms in total. The summed E-state index contributed by atoms with van der Waals surface area (Å²) in [4.78, 5) is 0. The number of hydrogen-bond donors (Lipinski definition) is 2. The molecule has 0 bridgehead atoms. The van der Waals surface area contributed by atoms with Crippen LogP contribution in [0.2, 0.25) is 0 Å². The van der Waals surface area contributed by atoms with Gasteiger partial charge >= 0.3 is 0 Å². The molecule has 1 aliphatic rings. The fourth-order valence-corrected chi connectivity index (χ4v) is 3.92. The highest BCUT2D eigenvalue weighted by Crippen LogP contribution is 2.35. The summed E-state index contributed by atoms with van der Waals surface area (Å²) in [5, 5.41) is 2.13. The number of thiophene rings is 1. The molecule has 1 aromatic heterocycles. The van der Waals surface area contributed by atoms with Crippen molar-refractivity contribution in [2.24, 2.45) is 5.84 Å². The Bertz CT molecular complexity index is 587. The molecular formula is C15H17BrN2OS. The van der Waals surface area contributed by atoms with Crippen molar-refractivity contribution >= 4 is 27.3 Å². The molecule has 2 heterocycles. The van der Waals surface area contributed by atoms with Crippen molar-refractivity contribution in [3.8, 4) is 0 Å². The highest BCUT2D eigenvalue weighted by Gasteiger charge is 2.24. The minimum absolute atomic E-state index is 0.105. The number of nitrogens with one attached hydrogen (secondary N) is 1. The van der Waals surface area contributed by atoms with Crippen molar-refractivity contribution < 1.29 is 4.74 Å². The van der Waals surface area contributed by atoms with Crippen LogP contribution in [0.15, 0.2) is 39.5 Å². The average Bonchev–Trinajstić information content (AvgIpc) is 2.91. The van der Waals surface area contributed by atoms with E-state index in [1.807, 2.05) is 0 Å². The minimum atomic E-state index is 0.105. The van der Waals surface area contributed by atoms with Gasteiger partial charge in [-0.25, -0.2) is 0 Å². The second-order valence-electron chi connectivity index (χ2n) is 4.95. The number of hydrogen-bond acceptors (Lipinski definition) is 4. The maximum atomic E-state index is 5.96. The smallest absolute Gasteiger partial charge is 0.0846 e. The Hall–Kier alpha value is -0.720. The van der Waals surface area contributed by atoms with E-state index in [-0.39, 0.29) is 12.1 Å². The summed E-state index contributed by atoms with van der Waals surface area (Å²) in [6, 6.07) is 10.7. The van der Waals surface area contributed by atoms with Gasteiger partial charge in [0.15, 0.2) is 0 Å². The van der Waals surface area contributed by atoms with Crippen LogP contribution in [-0.4, -0.2) is 6.61 Å². The average molecular weight is 353 g/mol. The lowest BCUT2D eigenvalue weighted by molar-refractivity contribution is 0.0293.